The summed E-state index contributed by atoms with van der Waals surface area (Å²) in [6.45, 7) is 2.56. The average Bonchev–Trinajstić information content (AvgIpc) is 3.24. The number of thioether (sulfide) groups is 1. The van der Waals surface area contributed by atoms with Crippen molar-refractivity contribution in [2.45, 2.75) is 42.8 Å². The number of anilines is 1. The van der Waals surface area contributed by atoms with E-state index in [1.165, 1.54) is 37.0 Å². The molecule has 2 aromatic carbocycles. The van der Waals surface area contributed by atoms with Crippen LogP contribution in [0.25, 0.3) is 0 Å². The van der Waals surface area contributed by atoms with Crippen molar-refractivity contribution in [1.29, 1.82) is 0 Å². The number of rotatable bonds is 8. The van der Waals surface area contributed by atoms with E-state index in [2.05, 4.69) is 5.32 Å². The van der Waals surface area contributed by atoms with Crippen molar-refractivity contribution in [2.24, 2.45) is 0 Å². The molecule has 1 N–H and O–H groups in total. The Morgan fingerprint density at radius 1 is 1.07 bits per heavy atom. The molecule has 1 saturated carbocycles. The fourth-order valence-electron chi connectivity index (χ4n) is 3.38. The summed E-state index contributed by atoms with van der Waals surface area (Å²) in [5, 5.41) is 3.69. The predicted molar refractivity (Wildman–Crippen MR) is 120 cm³/mol. The molecule has 0 aromatic heterocycles. The van der Waals surface area contributed by atoms with Gasteiger partial charge in [0, 0.05) is 30.2 Å². The summed E-state index contributed by atoms with van der Waals surface area (Å²) in [5.74, 6) is 0.791. The Hall–Kier alpha value is -1.99. The summed E-state index contributed by atoms with van der Waals surface area (Å²) < 4.78 is 26.8. The van der Waals surface area contributed by atoms with Crippen LogP contribution in [0.5, 0.6) is 0 Å². The Kier molecular flexibility index (Phi) is 7.24. The maximum atomic E-state index is 12.8. The number of sulfonamides is 1. The minimum atomic E-state index is -3.64. The lowest BCUT2D eigenvalue weighted by Gasteiger charge is -2.20. The monoisotopic (exact) mass is 432 g/mol. The third-order valence-corrected chi connectivity index (χ3v) is 8.40. The SMILES string of the molecule is Cc1ccc(S(=O)(=O)N(C)c2ccc(C(=O)NCCSC3CCCC3)cc2)cc1. The van der Waals surface area contributed by atoms with Gasteiger partial charge in [-0.2, -0.15) is 11.8 Å². The highest BCUT2D eigenvalue weighted by Gasteiger charge is 2.21. The normalized spacial score (nSPS) is 14.7. The van der Waals surface area contributed by atoms with Crippen LogP contribution in [0.1, 0.15) is 41.6 Å². The van der Waals surface area contributed by atoms with Crippen LogP contribution in [0.3, 0.4) is 0 Å². The zero-order chi connectivity index (χ0) is 20.9. The smallest absolute Gasteiger partial charge is 0.264 e. The van der Waals surface area contributed by atoms with E-state index in [1.807, 2.05) is 18.7 Å². The van der Waals surface area contributed by atoms with Crippen molar-refractivity contribution < 1.29 is 13.2 Å². The molecule has 1 aliphatic carbocycles. The molecule has 0 saturated heterocycles. The van der Waals surface area contributed by atoms with Gasteiger partial charge >= 0.3 is 0 Å². The molecule has 3 rings (SSSR count). The number of carbonyl (C=O) groups excluding carboxylic acids is 1. The first-order valence-corrected chi connectivity index (χ1v) is 12.4. The lowest BCUT2D eigenvalue weighted by atomic mass is 10.2. The maximum absolute atomic E-state index is 12.8. The van der Waals surface area contributed by atoms with E-state index < -0.39 is 10.0 Å². The lowest BCUT2D eigenvalue weighted by molar-refractivity contribution is 0.0956. The quantitative estimate of drug-likeness (QED) is 0.634. The second-order valence-electron chi connectivity index (χ2n) is 7.37. The number of nitrogens with one attached hydrogen (secondary N) is 1. The minimum absolute atomic E-state index is 0.132. The van der Waals surface area contributed by atoms with Gasteiger partial charge < -0.3 is 5.32 Å². The van der Waals surface area contributed by atoms with Crippen LogP contribution < -0.4 is 9.62 Å². The summed E-state index contributed by atoms with van der Waals surface area (Å²) in [4.78, 5) is 12.6. The molecule has 1 aliphatic rings. The standard InChI is InChI=1S/C22H28N2O3S2/c1-17-7-13-21(14-8-17)29(26,27)24(2)19-11-9-18(10-12-19)22(25)23-15-16-28-20-5-3-4-6-20/h7-14,20H,3-6,15-16H2,1-2H3,(H,23,25). The third-order valence-electron chi connectivity index (χ3n) is 5.22. The lowest BCUT2D eigenvalue weighted by Crippen LogP contribution is -2.27. The van der Waals surface area contributed by atoms with Crippen molar-refractivity contribution in [3.8, 4) is 0 Å². The molecule has 0 atom stereocenters. The molecule has 1 fully saturated rings. The molecule has 0 radical (unpaired) electrons. The molecule has 0 unspecified atom stereocenters. The van der Waals surface area contributed by atoms with E-state index >= 15 is 0 Å². The first-order valence-electron chi connectivity index (χ1n) is 9.93. The van der Waals surface area contributed by atoms with E-state index in [-0.39, 0.29) is 10.8 Å². The predicted octanol–water partition coefficient (Wildman–Crippen LogP) is 4.23. The van der Waals surface area contributed by atoms with E-state index in [0.717, 1.165) is 16.6 Å². The zero-order valence-corrected chi connectivity index (χ0v) is 18.6. The highest BCUT2D eigenvalue weighted by Crippen LogP contribution is 2.29. The number of hydrogen-bond donors (Lipinski definition) is 1. The Balaban J connectivity index is 1.57. The van der Waals surface area contributed by atoms with Crippen LogP contribution in [-0.2, 0) is 10.0 Å². The second kappa shape index (κ2) is 9.67. The third kappa shape index (κ3) is 5.54. The molecule has 1 amide bonds. The van der Waals surface area contributed by atoms with Gasteiger partial charge in [0.15, 0.2) is 0 Å². The van der Waals surface area contributed by atoms with Crippen LogP contribution in [0.4, 0.5) is 5.69 Å². The van der Waals surface area contributed by atoms with E-state index in [0.29, 0.717) is 17.8 Å². The Bertz CT molecular complexity index is 920. The fourth-order valence-corrected chi connectivity index (χ4v) is 5.79. The molecule has 5 nitrogen and oxygen atoms in total. The zero-order valence-electron chi connectivity index (χ0n) is 16.9. The summed E-state index contributed by atoms with van der Waals surface area (Å²) in [7, 11) is -2.12. The van der Waals surface area contributed by atoms with Crippen LogP contribution in [0.2, 0.25) is 0 Å². The average molecular weight is 433 g/mol. The number of carbonyl (C=O) groups is 1. The molecule has 7 heteroatoms. The maximum Gasteiger partial charge on any atom is 0.264 e. The van der Waals surface area contributed by atoms with Gasteiger partial charge in [-0.15, -0.1) is 0 Å². The van der Waals surface area contributed by atoms with Crippen LogP contribution in [-0.4, -0.2) is 38.9 Å². The van der Waals surface area contributed by atoms with E-state index in [9.17, 15) is 13.2 Å². The van der Waals surface area contributed by atoms with Gasteiger partial charge in [0.05, 0.1) is 10.6 Å². The largest absolute Gasteiger partial charge is 0.351 e. The molecule has 156 valence electrons. The number of hydrogen-bond acceptors (Lipinski definition) is 4. The van der Waals surface area contributed by atoms with E-state index in [4.69, 9.17) is 0 Å². The van der Waals surface area contributed by atoms with Crippen LogP contribution >= 0.6 is 11.8 Å². The summed E-state index contributed by atoms with van der Waals surface area (Å²) >= 11 is 1.94. The molecular weight excluding hydrogens is 404 g/mol. The van der Waals surface area contributed by atoms with Crippen molar-refractivity contribution in [3.63, 3.8) is 0 Å². The molecule has 29 heavy (non-hydrogen) atoms. The second-order valence-corrected chi connectivity index (χ2v) is 10.7. The number of benzene rings is 2. The summed E-state index contributed by atoms with van der Waals surface area (Å²) in [6.07, 6.45) is 5.23. The van der Waals surface area contributed by atoms with Crippen LogP contribution in [0.15, 0.2) is 53.4 Å². The fraction of sp³-hybridized carbons (Fsp3) is 0.409. The highest BCUT2D eigenvalue weighted by molar-refractivity contribution is 7.99. The Morgan fingerprint density at radius 2 is 1.69 bits per heavy atom. The van der Waals surface area contributed by atoms with Gasteiger partial charge in [0.2, 0.25) is 0 Å². The topological polar surface area (TPSA) is 66.5 Å². The first-order chi connectivity index (χ1) is 13.9. The Morgan fingerprint density at radius 3 is 2.31 bits per heavy atom. The van der Waals surface area contributed by atoms with Crippen molar-refractivity contribution in [2.75, 3.05) is 23.7 Å². The molecule has 0 bridgehead atoms. The van der Waals surface area contributed by atoms with Crippen LogP contribution in [0, 0.1) is 6.92 Å². The van der Waals surface area contributed by atoms with Gasteiger partial charge in [-0.25, -0.2) is 8.42 Å². The van der Waals surface area contributed by atoms with Gasteiger partial charge in [-0.05, 0) is 56.2 Å². The summed E-state index contributed by atoms with van der Waals surface area (Å²) in [6, 6.07) is 13.4. The summed E-state index contributed by atoms with van der Waals surface area (Å²) in [5.41, 5.74) is 2.04. The first kappa shape index (κ1) is 21.7. The van der Waals surface area contributed by atoms with E-state index in [1.54, 1.807) is 48.5 Å². The van der Waals surface area contributed by atoms with Crippen molar-refractivity contribution in [3.05, 3.63) is 59.7 Å². The van der Waals surface area contributed by atoms with Gasteiger partial charge in [0.25, 0.3) is 15.9 Å². The number of amides is 1. The molecule has 0 spiro atoms. The molecule has 0 aliphatic heterocycles. The number of nitrogens with zero attached hydrogens (tertiary/aromatic N) is 1. The van der Waals surface area contributed by atoms with Gasteiger partial charge in [-0.1, -0.05) is 30.5 Å². The number of aryl methyl sites for hydroxylation is 1. The van der Waals surface area contributed by atoms with Gasteiger partial charge in [-0.3, -0.25) is 9.10 Å². The molecular formula is C22H28N2O3S2. The van der Waals surface area contributed by atoms with Gasteiger partial charge in [0.1, 0.15) is 0 Å². The molecule has 0 heterocycles. The van der Waals surface area contributed by atoms with Crippen molar-refractivity contribution >= 4 is 33.4 Å². The molecule has 2 aromatic rings. The highest BCUT2D eigenvalue weighted by atomic mass is 32.2. The Labute approximate surface area is 177 Å². The minimum Gasteiger partial charge on any atom is -0.351 e. The van der Waals surface area contributed by atoms with Crippen molar-refractivity contribution in [1.82, 2.24) is 5.32 Å².